The summed E-state index contributed by atoms with van der Waals surface area (Å²) in [4.78, 5) is 0. The zero-order valence-corrected chi connectivity index (χ0v) is 9.80. The van der Waals surface area contributed by atoms with Crippen LogP contribution in [0.2, 0.25) is 0 Å². The van der Waals surface area contributed by atoms with Gasteiger partial charge in [0, 0.05) is 0 Å². The van der Waals surface area contributed by atoms with Crippen LogP contribution in [0.4, 0.5) is 0 Å². The number of unbranched alkanes of at least 4 members (excludes halogenated alkanes) is 1. The molecule has 0 unspecified atom stereocenters. The summed E-state index contributed by atoms with van der Waals surface area (Å²) >= 11 is 0. The Bertz CT molecular complexity index is 522. The molecule has 0 saturated heterocycles. The van der Waals surface area contributed by atoms with E-state index in [-0.39, 0.29) is 0 Å². The van der Waals surface area contributed by atoms with Crippen LogP contribution in [0.15, 0.2) is 30.3 Å². The van der Waals surface area contributed by atoms with Gasteiger partial charge in [0.2, 0.25) is 0 Å². The van der Waals surface area contributed by atoms with E-state index in [0.29, 0.717) is 5.69 Å². The molecule has 4 nitrogen and oxygen atoms in total. The lowest BCUT2D eigenvalue weighted by molar-refractivity contribution is 0.715. The fourth-order valence-corrected chi connectivity index (χ4v) is 1.73. The lowest BCUT2D eigenvalue weighted by atomic mass is 10.1. The minimum atomic E-state index is 0.433. The summed E-state index contributed by atoms with van der Waals surface area (Å²) in [6.45, 7) is 2.13. The van der Waals surface area contributed by atoms with Crippen LogP contribution >= 0.6 is 0 Å². The summed E-state index contributed by atoms with van der Waals surface area (Å²) in [7, 11) is 0. The molecule has 0 spiro atoms. The monoisotopic (exact) mass is 226 g/mol. The van der Waals surface area contributed by atoms with E-state index in [2.05, 4.69) is 23.3 Å². The first-order chi connectivity index (χ1) is 8.36. The van der Waals surface area contributed by atoms with Gasteiger partial charge < -0.3 is 0 Å². The molecule has 0 amide bonds. The van der Waals surface area contributed by atoms with Crippen LogP contribution in [-0.2, 0) is 6.42 Å². The van der Waals surface area contributed by atoms with Crippen molar-refractivity contribution in [1.82, 2.24) is 15.0 Å². The van der Waals surface area contributed by atoms with Crippen molar-refractivity contribution in [3.63, 3.8) is 0 Å². The second-order valence-corrected chi connectivity index (χ2v) is 3.85. The highest BCUT2D eigenvalue weighted by atomic mass is 15.4. The molecule has 0 aliphatic rings. The van der Waals surface area contributed by atoms with Crippen molar-refractivity contribution in [3.05, 3.63) is 41.7 Å². The molecule has 0 aliphatic carbocycles. The van der Waals surface area contributed by atoms with Crippen molar-refractivity contribution in [2.24, 2.45) is 0 Å². The van der Waals surface area contributed by atoms with E-state index in [1.165, 1.54) is 0 Å². The molecule has 0 aliphatic heterocycles. The Morgan fingerprint density at radius 3 is 2.71 bits per heavy atom. The van der Waals surface area contributed by atoms with Gasteiger partial charge in [0.15, 0.2) is 5.69 Å². The van der Waals surface area contributed by atoms with Gasteiger partial charge in [0.05, 0.1) is 11.4 Å². The SMILES string of the molecule is CCCCc1c(C#N)nnn1-c1ccccc1. The molecule has 0 saturated carbocycles. The van der Waals surface area contributed by atoms with E-state index in [9.17, 15) is 0 Å². The highest BCUT2D eigenvalue weighted by Crippen LogP contribution is 2.14. The normalized spacial score (nSPS) is 10.1. The largest absolute Gasteiger partial charge is 0.216 e. The Labute approximate surface area is 101 Å². The van der Waals surface area contributed by atoms with E-state index in [4.69, 9.17) is 5.26 Å². The summed E-state index contributed by atoms with van der Waals surface area (Å²) in [5.74, 6) is 0. The van der Waals surface area contributed by atoms with Gasteiger partial charge in [-0.05, 0) is 25.0 Å². The van der Waals surface area contributed by atoms with Crippen molar-refractivity contribution in [2.75, 3.05) is 0 Å². The van der Waals surface area contributed by atoms with Crippen LogP contribution in [-0.4, -0.2) is 15.0 Å². The lowest BCUT2D eigenvalue weighted by Gasteiger charge is -2.05. The first kappa shape index (κ1) is 11.3. The Balaban J connectivity index is 2.41. The number of rotatable bonds is 4. The molecule has 0 bridgehead atoms. The molecule has 2 rings (SSSR count). The maximum Gasteiger partial charge on any atom is 0.186 e. The summed E-state index contributed by atoms with van der Waals surface area (Å²) < 4.78 is 1.76. The number of hydrogen-bond donors (Lipinski definition) is 0. The van der Waals surface area contributed by atoms with Gasteiger partial charge in [-0.15, -0.1) is 5.10 Å². The molecule has 1 heterocycles. The number of hydrogen-bond acceptors (Lipinski definition) is 3. The van der Waals surface area contributed by atoms with Crippen LogP contribution in [0, 0.1) is 11.3 Å². The summed E-state index contributed by atoms with van der Waals surface area (Å²) in [5, 5.41) is 17.0. The molecule has 1 aromatic carbocycles. The molecule has 2 aromatic rings. The molecule has 0 N–H and O–H groups in total. The Hall–Kier alpha value is -2.15. The summed E-state index contributed by atoms with van der Waals surface area (Å²) in [6.07, 6.45) is 2.96. The van der Waals surface area contributed by atoms with Crippen molar-refractivity contribution in [2.45, 2.75) is 26.2 Å². The smallest absolute Gasteiger partial charge is 0.186 e. The van der Waals surface area contributed by atoms with Crippen molar-refractivity contribution in [1.29, 1.82) is 5.26 Å². The van der Waals surface area contributed by atoms with E-state index in [1.54, 1.807) is 4.68 Å². The second kappa shape index (κ2) is 5.26. The first-order valence-corrected chi connectivity index (χ1v) is 5.77. The van der Waals surface area contributed by atoms with Crippen molar-refractivity contribution >= 4 is 0 Å². The van der Waals surface area contributed by atoms with Gasteiger partial charge in [0.25, 0.3) is 0 Å². The molecule has 0 fully saturated rings. The third-order valence-corrected chi connectivity index (χ3v) is 2.64. The number of benzene rings is 1. The zero-order valence-electron chi connectivity index (χ0n) is 9.80. The fraction of sp³-hybridized carbons (Fsp3) is 0.308. The van der Waals surface area contributed by atoms with Gasteiger partial charge in [-0.3, -0.25) is 0 Å². The topological polar surface area (TPSA) is 54.5 Å². The van der Waals surface area contributed by atoms with Crippen LogP contribution < -0.4 is 0 Å². The third-order valence-electron chi connectivity index (χ3n) is 2.64. The molecule has 17 heavy (non-hydrogen) atoms. The fourth-order valence-electron chi connectivity index (χ4n) is 1.73. The highest BCUT2D eigenvalue weighted by molar-refractivity contribution is 5.36. The molecular formula is C13H14N4. The molecule has 0 radical (unpaired) electrons. The number of nitriles is 1. The predicted octanol–water partition coefficient (Wildman–Crippen LogP) is 2.48. The number of aromatic nitrogens is 3. The average Bonchev–Trinajstić information content (AvgIpc) is 2.80. The number of para-hydroxylation sites is 1. The van der Waals surface area contributed by atoms with Crippen LogP contribution in [0.1, 0.15) is 31.2 Å². The van der Waals surface area contributed by atoms with Gasteiger partial charge >= 0.3 is 0 Å². The Morgan fingerprint density at radius 2 is 2.06 bits per heavy atom. The molecule has 1 aromatic heterocycles. The van der Waals surface area contributed by atoms with Crippen LogP contribution in [0.5, 0.6) is 0 Å². The quantitative estimate of drug-likeness (QED) is 0.804. The maximum absolute atomic E-state index is 9.01. The van der Waals surface area contributed by atoms with Gasteiger partial charge in [0.1, 0.15) is 6.07 Å². The summed E-state index contributed by atoms with van der Waals surface area (Å²) in [6, 6.07) is 11.9. The van der Waals surface area contributed by atoms with Crippen molar-refractivity contribution in [3.8, 4) is 11.8 Å². The standard InChI is InChI=1S/C13H14N4/c1-2-3-9-13-12(10-14)15-16-17(13)11-7-5-4-6-8-11/h4-8H,2-3,9H2,1H3. The molecule has 0 atom stereocenters. The lowest BCUT2D eigenvalue weighted by Crippen LogP contribution is -2.03. The minimum absolute atomic E-state index is 0.433. The average molecular weight is 226 g/mol. The molecule has 86 valence electrons. The van der Waals surface area contributed by atoms with Crippen LogP contribution in [0.3, 0.4) is 0 Å². The molecular weight excluding hydrogens is 212 g/mol. The van der Waals surface area contributed by atoms with Gasteiger partial charge in [-0.1, -0.05) is 36.8 Å². The number of nitrogens with zero attached hydrogens (tertiary/aromatic N) is 4. The van der Waals surface area contributed by atoms with Gasteiger partial charge in [-0.25, -0.2) is 4.68 Å². The predicted molar refractivity (Wildman–Crippen MR) is 64.7 cm³/mol. The second-order valence-electron chi connectivity index (χ2n) is 3.85. The van der Waals surface area contributed by atoms with E-state index >= 15 is 0 Å². The Kier molecular flexibility index (Phi) is 3.51. The third kappa shape index (κ3) is 2.34. The van der Waals surface area contributed by atoms with E-state index in [1.807, 2.05) is 30.3 Å². The van der Waals surface area contributed by atoms with Crippen LogP contribution in [0.25, 0.3) is 5.69 Å². The first-order valence-electron chi connectivity index (χ1n) is 5.77. The van der Waals surface area contributed by atoms with E-state index < -0.39 is 0 Å². The zero-order chi connectivity index (χ0) is 12.1. The molecule has 4 heteroatoms. The minimum Gasteiger partial charge on any atom is -0.216 e. The highest BCUT2D eigenvalue weighted by Gasteiger charge is 2.12. The summed E-state index contributed by atoms with van der Waals surface area (Å²) in [5.41, 5.74) is 2.29. The van der Waals surface area contributed by atoms with E-state index in [0.717, 1.165) is 30.6 Å². The Morgan fingerprint density at radius 1 is 1.29 bits per heavy atom. The maximum atomic E-state index is 9.01. The van der Waals surface area contributed by atoms with Crippen molar-refractivity contribution < 1.29 is 0 Å². The van der Waals surface area contributed by atoms with Gasteiger partial charge in [-0.2, -0.15) is 5.26 Å².